The van der Waals surface area contributed by atoms with Crippen LogP contribution in [0.1, 0.15) is 41.6 Å². The molecule has 1 amide bonds. The van der Waals surface area contributed by atoms with Gasteiger partial charge in [0.1, 0.15) is 6.17 Å². The lowest BCUT2D eigenvalue weighted by atomic mass is 9.96. The Labute approximate surface area is 160 Å². The zero-order valence-corrected chi connectivity index (χ0v) is 16.1. The highest BCUT2D eigenvalue weighted by Gasteiger charge is 2.42. The number of amides is 1. The molecule has 0 unspecified atom stereocenters. The second kappa shape index (κ2) is 5.88. The Morgan fingerprint density at radius 2 is 1.81 bits per heavy atom. The monoisotopic (exact) mass is 359 g/mol. The maximum Gasteiger partial charge on any atom is 0.257 e. The van der Waals surface area contributed by atoms with Crippen molar-refractivity contribution in [2.45, 2.75) is 33.0 Å². The van der Waals surface area contributed by atoms with Gasteiger partial charge in [-0.25, -0.2) is 0 Å². The number of aromatic nitrogens is 1. The lowest BCUT2D eigenvalue weighted by molar-refractivity contribution is 0.0629. The first-order valence-electron chi connectivity index (χ1n) is 9.80. The molecular weight excluding hydrogens is 334 g/mol. The number of anilines is 1. The summed E-state index contributed by atoms with van der Waals surface area (Å²) in [5.74, 6) is 0.692. The van der Waals surface area contributed by atoms with Crippen LogP contribution in [0.3, 0.4) is 0 Å². The van der Waals surface area contributed by atoms with Gasteiger partial charge >= 0.3 is 0 Å². The van der Waals surface area contributed by atoms with Crippen molar-refractivity contribution < 1.29 is 4.79 Å². The number of benzene rings is 2. The van der Waals surface area contributed by atoms with E-state index in [4.69, 9.17) is 0 Å². The second-order valence-corrected chi connectivity index (χ2v) is 8.14. The summed E-state index contributed by atoms with van der Waals surface area (Å²) in [5.41, 5.74) is 5.83. The highest BCUT2D eigenvalue weighted by Crippen LogP contribution is 2.44. The summed E-state index contributed by atoms with van der Waals surface area (Å²) < 4.78 is 2.46. The zero-order chi connectivity index (χ0) is 18.7. The van der Waals surface area contributed by atoms with E-state index < -0.39 is 0 Å². The molecule has 5 rings (SSSR count). The lowest BCUT2D eigenvalue weighted by Crippen LogP contribution is -2.51. The van der Waals surface area contributed by atoms with E-state index >= 15 is 0 Å². The number of carbonyl (C=O) groups is 1. The van der Waals surface area contributed by atoms with Gasteiger partial charge in [0.2, 0.25) is 0 Å². The molecule has 2 aliphatic rings. The molecule has 1 atom stereocenters. The van der Waals surface area contributed by atoms with Gasteiger partial charge < -0.3 is 14.4 Å². The SMILES string of the molecule is CC(C)Cn1c2c(c3ccccc31)CCN1C(=O)c3ccccc3N(C)[C@H]21. The third kappa shape index (κ3) is 2.25. The minimum absolute atomic E-state index is 0.0395. The van der Waals surface area contributed by atoms with Crippen LogP contribution < -0.4 is 4.90 Å². The quantitative estimate of drug-likeness (QED) is 0.676. The predicted molar refractivity (Wildman–Crippen MR) is 109 cm³/mol. The fraction of sp³-hybridized carbons (Fsp3) is 0.348. The molecule has 27 heavy (non-hydrogen) atoms. The van der Waals surface area contributed by atoms with Gasteiger partial charge in [-0.2, -0.15) is 0 Å². The van der Waals surface area contributed by atoms with Crippen molar-refractivity contribution in [1.29, 1.82) is 0 Å². The summed E-state index contributed by atoms with van der Waals surface area (Å²) in [7, 11) is 2.12. The lowest BCUT2D eigenvalue weighted by Gasteiger charge is -2.46. The first-order valence-corrected chi connectivity index (χ1v) is 9.80. The number of rotatable bonds is 2. The molecule has 0 radical (unpaired) electrons. The van der Waals surface area contributed by atoms with Crippen LogP contribution in [-0.4, -0.2) is 29.0 Å². The minimum Gasteiger partial charge on any atom is -0.349 e. The fourth-order valence-electron chi connectivity index (χ4n) is 4.87. The summed E-state index contributed by atoms with van der Waals surface area (Å²) >= 11 is 0. The van der Waals surface area contributed by atoms with Crippen LogP contribution in [-0.2, 0) is 13.0 Å². The van der Waals surface area contributed by atoms with Crippen molar-refractivity contribution in [3.63, 3.8) is 0 Å². The van der Waals surface area contributed by atoms with Crippen molar-refractivity contribution in [1.82, 2.24) is 9.47 Å². The van der Waals surface area contributed by atoms with Crippen LogP contribution in [0.15, 0.2) is 48.5 Å². The van der Waals surface area contributed by atoms with Crippen LogP contribution in [0.5, 0.6) is 0 Å². The molecule has 0 fully saturated rings. The van der Waals surface area contributed by atoms with E-state index in [0.717, 1.165) is 30.8 Å². The summed E-state index contributed by atoms with van der Waals surface area (Å²) in [4.78, 5) is 17.6. The first-order chi connectivity index (χ1) is 13.1. The molecule has 1 aromatic heterocycles. The molecule has 4 nitrogen and oxygen atoms in total. The van der Waals surface area contributed by atoms with Crippen LogP contribution in [0.2, 0.25) is 0 Å². The van der Waals surface area contributed by atoms with E-state index in [0.29, 0.717) is 5.92 Å². The molecule has 0 saturated carbocycles. The number of nitrogens with zero attached hydrogens (tertiary/aromatic N) is 3. The minimum atomic E-state index is -0.0395. The molecule has 3 aromatic rings. The normalized spacial score (nSPS) is 18.7. The van der Waals surface area contributed by atoms with E-state index in [2.05, 4.69) is 65.6 Å². The van der Waals surface area contributed by atoms with Crippen LogP contribution >= 0.6 is 0 Å². The first kappa shape index (κ1) is 16.4. The smallest absolute Gasteiger partial charge is 0.257 e. The Morgan fingerprint density at radius 1 is 1.07 bits per heavy atom. The molecule has 0 spiro atoms. The summed E-state index contributed by atoms with van der Waals surface area (Å²) in [6, 6.07) is 16.7. The summed E-state index contributed by atoms with van der Waals surface area (Å²) in [5, 5.41) is 1.34. The molecule has 0 aliphatic carbocycles. The Hall–Kier alpha value is -2.75. The molecule has 0 N–H and O–H groups in total. The van der Waals surface area contributed by atoms with Crippen molar-refractivity contribution in [3.05, 3.63) is 65.4 Å². The van der Waals surface area contributed by atoms with E-state index in [-0.39, 0.29) is 12.1 Å². The van der Waals surface area contributed by atoms with Gasteiger partial charge in [-0.1, -0.05) is 44.2 Å². The Morgan fingerprint density at radius 3 is 2.63 bits per heavy atom. The van der Waals surface area contributed by atoms with Gasteiger partial charge in [0.25, 0.3) is 5.91 Å². The van der Waals surface area contributed by atoms with E-state index in [1.54, 1.807) is 0 Å². The number of carbonyl (C=O) groups excluding carboxylic acids is 1. The molecule has 138 valence electrons. The molecule has 2 aliphatic heterocycles. The molecule has 3 heterocycles. The third-order valence-corrected chi connectivity index (χ3v) is 5.95. The maximum absolute atomic E-state index is 13.2. The van der Waals surface area contributed by atoms with Crippen molar-refractivity contribution in [2.24, 2.45) is 5.92 Å². The van der Waals surface area contributed by atoms with Crippen LogP contribution in [0, 0.1) is 5.92 Å². The summed E-state index contributed by atoms with van der Waals surface area (Å²) in [6.07, 6.45) is 0.876. The second-order valence-electron chi connectivity index (χ2n) is 8.14. The van der Waals surface area contributed by atoms with Crippen molar-refractivity contribution in [3.8, 4) is 0 Å². The van der Waals surface area contributed by atoms with E-state index in [1.807, 2.05) is 18.2 Å². The predicted octanol–water partition coefficient (Wildman–Crippen LogP) is 4.44. The van der Waals surface area contributed by atoms with Crippen LogP contribution in [0.25, 0.3) is 10.9 Å². The Bertz CT molecular complexity index is 1050. The van der Waals surface area contributed by atoms with Gasteiger partial charge in [0.05, 0.1) is 16.9 Å². The molecule has 4 heteroatoms. The molecular formula is C23H25N3O. The largest absolute Gasteiger partial charge is 0.349 e. The van der Waals surface area contributed by atoms with E-state index in [9.17, 15) is 4.79 Å². The average molecular weight is 359 g/mol. The highest BCUT2D eigenvalue weighted by atomic mass is 16.2. The number of fused-ring (bicyclic) bond motifs is 6. The van der Waals surface area contributed by atoms with Gasteiger partial charge in [-0.05, 0) is 36.1 Å². The summed E-state index contributed by atoms with van der Waals surface area (Å²) in [6.45, 7) is 6.24. The highest BCUT2D eigenvalue weighted by molar-refractivity contribution is 6.02. The molecule has 0 bridgehead atoms. The van der Waals surface area contributed by atoms with Crippen LogP contribution in [0.4, 0.5) is 5.69 Å². The van der Waals surface area contributed by atoms with E-state index in [1.165, 1.54) is 22.2 Å². The Kier molecular flexibility index (Phi) is 3.58. The number of hydrogen-bond donors (Lipinski definition) is 0. The fourth-order valence-corrected chi connectivity index (χ4v) is 4.87. The van der Waals surface area contributed by atoms with Gasteiger partial charge in [0.15, 0.2) is 0 Å². The average Bonchev–Trinajstić information content (AvgIpc) is 2.99. The van der Waals surface area contributed by atoms with Gasteiger partial charge in [-0.15, -0.1) is 0 Å². The number of hydrogen-bond acceptors (Lipinski definition) is 2. The van der Waals surface area contributed by atoms with Gasteiger partial charge in [-0.3, -0.25) is 4.79 Å². The third-order valence-electron chi connectivity index (χ3n) is 5.95. The van der Waals surface area contributed by atoms with Gasteiger partial charge in [0, 0.05) is 31.0 Å². The number of para-hydroxylation sites is 2. The molecule has 2 aromatic carbocycles. The topological polar surface area (TPSA) is 28.5 Å². The standard InChI is InChI=1S/C23H25N3O/c1-15(2)14-26-20-11-7-4-8-16(20)17-12-13-25-22(21(17)26)24(3)19-10-6-5-9-18(19)23(25)27/h4-11,15,22H,12-14H2,1-3H3/t22-/m0/s1. The molecule has 0 saturated heterocycles. The zero-order valence-electron chi connectivity index (χ0n) is 16.1. The van der Waals surface area contributed by atoms with Crippen molar-refractivity contribution >= 4 is 22.5 Å². The maximum atomic E-state index is 13.2. The van der Waals surface area contributed by atoms with Crippen molar-refractivity contribution in [2.75, 3.05) is 18.5 Å². The Balaban J connectivity index is 1.77.